The van der Waals surface area contributed by atoms with Crippen molar-refractivity contribution >= 4 is 24.4 Å². The fourth-order valence-corrected chi connectivity index (χ4v) is 5.85. The van der Waals surface area contributed by atoms with E-state index >= 15 is 0 Å². The van der Waals surface area contributed by atoms with E-state index in [0.717, 1.165) is 12.1 Å². The molecule has 3 heteroatoms. The topological polar surface area (TPSA) is 21.6 Å². The lowest BCUT2D eigenvalue weighted by molar-refractivity contribution is 0.223. The van der Waals surface area contributed by atoms with E-state index in [1.807, 2.05) is 0 Å². The van der Waals surface area contributed by atoms with Crippen LogP contribution >= 0.6 is 7.92 Å². The highest BCUT2D eigenvalue weighted by Crippen LogP contribution is 2.42. The number of benzene rings is 2. The molecule has 0 amide bonds. The zero-order valence-electron chi connectivity index (χ0n) is 16.6. The van der Waals surface area contributed by atoms with Gasteiger partial charge in [0.05, 0.1) is 6.04 Å². The molecule has 2 nitrogen and oxygen atoms in total. The summed E-state index contributed by atoms with van der Waals surface area (Å²) in [7, 11) is -0.458. The number of rotatable bonds is 5. The third-order valence-corrected chi connectivity index (χ3v) is 7.87. The Morgan fingerprint density at radius 1 is 0.885 bits per heavy atom. The first-order chi connectivity index (χ1) is 12.3. The van der Waals surface area contributed by atoms with E-state index in [-0.39, 0.29) is 16.9 Å². The molecule has 1 aliphatic heterocycles. The zero-order chi connectivity index (χ0) is 18.8. The second-order valence-corrected chi connectivity index (χ2v) is 11.0. The van der Waals surface area contributed by atoms with Crippen LogP contribution in [-0.4, -0.2) is 24.7 Å². The molecule has 2 aromatic carbocycles. The standard InChI is InChI=1S/C23H30NOP/c1-22(2,3)20-16-25-21(24-20)23(4,5)17-26(18-12-8-6-9-13-18)19-14-10-7-11-15-19/h6-15,20H,16-17H2,1-5H3. The summed E-state index contributed by atoms with van der Waals surface area (Å²) < 4.78 is 6.09. The molecule has 0 N–H and O–H groups in total. The van der Waals surface area contributed by atoms with Crippen molar-refractivity contribution in [2.75, 3.05) is 12.8 Å². The van der Waals surface area contributed by atoms with E-state index in [2.05, 4.69) is 95.3 Å². The van der Waals surface area contributed by atoms with Gasteiger partial charge in [-0.1, -0.05) is 95.3 Å². The minimum absolute atomic E-state index is 0.0859. The highest BCUT2D eigenvalue weighted by atomic mass is 31.1. The van der Waals surface area contributed by atoms with Gasteiger partial charge < -0.3 is 4.74 Å². The van der Waals surface area contributed by atoms with Crippen LogP contribution in [0.4, 0.5) is 0 Å². The minimum atomic E-state index is -0.458. The van der Waals surface area contributed by atoms with Crippen molar-refractivity contribution in [3.63, 3.8) is 0 Å². The maximum atomic E-state index is 6.09. The number of aliphatic imine (C=N–C) groups is 1. The van der Waals surface area contributed by atoms with Crippen molar-refractivity contribution in [3.05, 3.63) is 60.7 Å². The van der Waals surface area contributed by atoms with E-state index in [1.165, 1.54) is 10.6 Å². The monoisotopic (exact) mass is 367 g/mol. The second kappa shape index (κ2) is 7.53. The van der Waals surface area contributed by atoms with Gasteiger partial charge in [-0.05, 0) is 30.1 Å². The Bertz CT molecular complexity index is 707. The van der Waals surface area contributed by atoms with Crippen LogP contribution in [0.2, 0.25) is 0 Å². The molecule has 1 heterocycles. The molecule has 1 unspecified atom stereocenters. The normalized spacial score (nSPS) is 17.9. The fraction of sp³-hybridized carbons (Fsp3) is 0.435. The van der Waals surface area contributed by atoms with Gasteiger partial charge >= 0.3 is 0 Å². The lowest BCUT2D eigenvalue weighted by Gasteiger charge is -2.30. The van der Waals surface area contributed by atoms with Crippen LogP contribution in [0.15, 0.2) is 65.7 Å². The first kappa shape index (κ1) is 19.1. The smallest absolute Gasteiger partial charge is 0.189 e. The van der Waals surface area contributed by atoms with Gasteiger partial charge in [0.15, 0.2) is 5.90 Å². The van der Waals surface area contributed by atoms with Crippen LogP contribution in [0.5, 0.6) is 0 Å². The Hall–Kier alpha value is -1.66. The van der Waals surface area contributed by atoms with Gasteiger partial charge in [-0.2, -0.15) is 0 Å². The summed E-state index contributed by atoms with van der Waals surface area (Å²) in [5.74, 6) is 0.928. The summed E-state index contributed by atoms with van der Waals surface area (Å²) in [6.07, 6.45) is 1.03. The Labute approximate surface area is 159 Å². The predicted octanol–water partition coefficient (Wildman–Crippen LogP) is 4.99. The third-order valence-electron chi connectivity index (χ3n) is 4.92. The van der Waals surface area contributed by atoms with Gasteiger partial charge in [0, 0.05) is 5.41 Å². The van der Waals surface area contributed by atoms with E-state index < -0.39 is 7.92 Å². The quantitative estimate of drug-likeness (QED) is 0.682. The molecular formula is C23H30NOP. The Balaban J connectivity index is 1.89. The molecule has 0 radical (unpaired) electrons. The van der Waals surface area contributed by atoms with E-state index in [1.54, 1.807) is 0 Å². The minimum Gasteiger partial charge on any atom is -0.478 e. The number of hydrogen-bond donors (Lipinski definition) is 0. The average molecular weight is 367 g/mol. The second-order valence-electron chi connectivity index (χ2n) is 8.77. The lowest BCUT2D eigenvalue weighted by Crippen LogP contribution is -2.31. The summed E-state index contributed by atoms with van der Waals surface area (Å²) in [4.78, 5) is 4.98. The highest BCUT2D eigenvalue weighted by Gasteiger charge is 2.38. The lowest BCUT2D eigenvalue weighted by atomic mass is 9.88. The number of nitrogens with zero attached hydrogens (tertiary/aromatic N) is 1. The predicted molar refractivity (Wildman–Crippen MR) is 114 cm³/mol. The summed E-state index contributed by atoms with van der Waals surface area (Å²) >= 11 is 0. The molecule has 2 aromatic rings. The fourth-order valence-electron chi connectivity index (χ4n) is 3.20. The van der Waals surface area contributed by atoms with Crippen molar-refractivity contribution in [1.29, 1.82) is 0 Å². The third kappa shape index (κ3) is 4.35. The van der Waals surface area contributed by atoms with Crippen LogP contribution in [0.3, 0.4) is 0 Å². The average Bonchev–Trinajstić information content (AvgIpc) is 3.13. The van der Waals surface area contributed by atoms with E-state index in [4.69, 9.17) is 9.73 Å². The first-order valence-corrected chi connectivity index (χ1v) is 10.9. The molecule has 1 atom stereocenters. The van der Waals surface area contributed by atoms with E-state index in [0.29, 0.717) is 6.61 Å². The highest BCUT2D eigenvalue weighted by molar-refractivity contribution is 7.73. The van der Waals surface area contributed by atoms with Crippen LogP contribution in [0.1, 0.15) is 34.6 Å². The number of ether oxygens (including phenoxy) is 1. The molecule has 0 bridgehead atoms. The maximum absolute atomic E-state index is 6.09. The van der Waals surface area contributed by atoms with Crippen LogP contribution in [0, 0.1) is 10.8 Å². The SMILES string of the molecule is CC(C)(CP(c1ccccc1)c1ccccc1)C1=NC(C(C)(C)C)CO1. The first-order valence-electron chi connectivity index (χ1n) is 9.36. The van der Waals surface area contributed by atoms with Gasteiger partial charge in [0.1, 0.15) is 6.61 Å². The summed E-state index contributed by atoms with van der Waals surface area (Å²) in [5.41, 5.74) is 0.0544. The molecule has 0 aliphatic carbocycles. The molecule has 0 saturated heterocycles. The summed E-state index contributed by atoms with van der Waals surface area (Å²) in [5, 5.41) is 2.82. The Morgan fingerprint density at radius 2 is 1.38 bits per heavy atom. The van der Waals surface area contributed by atoms with Crippen LogP contribution in [0.25, 0.3) is 0 Å². The molecule has 1 aliphatic rings. The molecule has 138 valence electrons. The molecule has 26 heavy (non-hydrogen) atoms. The van der Waals surface area contributed by atoms with Crippen LogP contribution < -0.4 is 10.6 Å². The Morgan fingerprint density at radius 3 is 1.81 bits per heavy atom. The summed E-state index contributed by atoms with van der Waals surface area (Å²) in [6, 6.07) is 22.0. The molecular weight excluding hydrogens is 337 g/mol. The van der Waals surface area contributed by atoms with Crippen molar-refractivity contribution in [2.24, 2.45) is 15.8 Å². The zero-order valence-corrected chi connectivity index (χ0v) is 17.5. The van der Waals surface area contributed by atoms with Gasteiger partial charge in [-0.25, -0.2) is 4.99 Å². The van der Waals surface area contributed by atoms with Gasteiger partial charge in [-0.3, -0.25) is 0 Å². The van der Waals surface area contributed by atoms with Gasteiger partial charge in [0.2, 0.25) is 0 Å². The van der Waals surface area contributed by atoms with Crippen molar-refractivity contribution < 1.29 is 4.74 Å². The van der Waals surface area contributed by atoms with Crippen molar-refractivity contribution in [2.45, 2.75) is 40.7 Å². The molecule has 0 fully saturated rings. The molecule has 0 saturated carbocycles. The summed E-state index contributed by atoms with van der Waals surface area (Å²) in [6.45, 7) is 12.0. The van der Waals surface area contributed by atoms with Crippen LogP contribution in [-0.2, 0) is 4.74 Å². The van der Waals surface area contributed by atoms with Gasteiger partial charge in [0.25, 0.3) is 0 Å². The molecule has 0 spiro atoms. The molecule has 3 rings (SSSR count). The van der Waals surface area contributed by atoms with Gasteiger partial charge in [-0.15, -0.1) is 0 Å². The number of hydrogen-bond acceptors (Lipinski definition) is 2. The largest absolute Gasteiger partial charge is 0.478 e. The Kier molecular flexibility index (Phi) is 5.53. The maximum Gasteiger partial charge on any atom is 0.189 e. The van der Waals surface area contributed by atoms with Crippen molar-refractivity contribution in [1.82, 2.24) is 0 Å². The van der Waals surface area contributed by atoms with E-state index in [9.17, 15) is 0 Å². The molecule has 0 aromatic heterocycles. The van der Waals surface area contributed by atoms with Crippen molar-refractivity contribution in [3.8, 4) is 0 Å².